The molecule has 0 aromatic heterocycles. The molecule has 2 aromatic rings. The maximum Gasteiger partial charge on any atom is 0.261 e. The first-order valence-electron chi connectivity index (χ1n) is 7.69. The molecule has 0 unspecified atom stereocenters. The van der Waals surface area contributed by atoms with Gasteiger partial charge in [-0.15, -0.1) is 0 Å². The molecule has 9 heteroatoms. The molecule has 138 valence electrons. The summed E-state index contributed by atoms with van der Waals surface area (Å²) < 4.78 is 27.4. The molecule has 7 nitrogen and oxygen atoms in total. The second-order valence-electron chi connectivity index (χ2n) is 5.35. The van der Waals surface area contributed by atoms with Crippen molar-refractivity contribution < 1.29 is 18.0 Å². The molecule has 2 aromatic carbocycles. The van der Waals surface area contributed by atoms with Crippen molar-refractivity contribution in [3.05, 3.63) is 59.1 Å². The van der Waals surface area contributed by atoms with E-state index in [1.807, 2.05) is 0 Å². The van der Waals surface area contributed by atoms with E-state index < -0.39 is 15.9 Å². The van der Waals surface area contributed by atoms with Gasteiger partial charge < -0.3 is 10.6 Å². The van der Waals surface area contributed by atoms with E-state index in [4.69, 9.17) is 11.6 Å². The minimum atomic E-state index is -3.90. The summed E-state index contributed by atoms with van der Waals surface area (Å²) in [5.41, 5.74) is 0.439. The van der Waals surface area contributed by atoms with Crippen LogP contribution in [-0.4, -0.2) is 33.3 Å². The molecular formula is C17H18ClN3O4S. The van der Waals surface area contributed by atoms with Crippen LogP contribution in [0, 0.1) is 0 Å². The van der Waals surface area contributed by atoms with E-state index in [0.29, 0.717) is 0 Å². The lowest BCUT2D eigenvalue weighted by atomic mass is 10.2. The Kier molecular flexibility index (Phi) is 6.59. The smallest absolute Gasteiger partial charge is 0.261 e. The maximum atomic E-state index is 12.5. The molecule has 26 heavy (non-hydrogen) atoms. The lowest BCUT2D eigenvalue weighted by Crippen LogP contribution is -2.33. The van der Waals surface area contributed by atoms with Crippen LogP contribution in [0.5, 0.6) is 0 Å². The summed E-state index contributed by atoms with van der Waals surface area (Å²) in [6, 6.07) is 12.1. The molecule has 0 bridgehead atoms. The van der Waals surface area contributed by atoms with Crippen LogP contribution in [0.15, 0.2) is 53.4 Å². The highest BCUT2D eigenvalue weighted by atomic mass is 35.5. The molecular weight excluding hydrogens is 378 g/mol. The van der Waals surface area contributed by atoms with Gasteiger partial charge in [0.15, 0.2) is 0 Å². The highest BCUT2D eigenvalue weighted by Gasteiger charge is 2.17. The van der Waals surface area contributed by atoms with Crippen molar-refractivity contribution in [1.29, 1.82) is 0 Å². The summed E-state index contributed by atoms with van der Waals surface area (Å²) >= 11 is 5.97. The lowest BCUT2D eigenvalue weighted by molar-refractivity contribution is -0.118. The number of halogens is 1. The summed E-state index contributed by atoms with van der Waals surface area (Å²) in [5, 5.41) is 5.42. The highest BCUT2D eigenvalue weighted by Crippen LogP contribution is 2.24. The zero-order valence-corrected chi connectivity index (χ0v) is 15.5. The van der Waals surface area contributed by atoms with E-state index in [1.165, 1.54) is 31.2 Å². The molecule has 2 amide bonds. The van der Waals surface area contributed by atoms with Crippen LogP contribution in [0.2, 0.25) is 5.02 Å². The molecule has 3 N–H and O–H groups in total. The summed E-state index contributed by atoms with van der Waals surface area (Å²) in [6.07, 6.45) is 0. The third kappa shape index (κ3) is 5.47. The highest BCUT2D eigenvalue weighted by molar-refractivity contribution is 7.92. The largest absolute Gasteiger partial charge is 0.355 e. The average Bonchev–Trinajstić information content (AvgIpc) is 2.60. The number of anilines is 1. The van der Waals surface area contributed by atoms with Gasteiger partial charge in [0, 0.05) is 25.6 Å². The van der Waals surface area contributed by atoms with Gasteiger partial charge in [-0.2, -0.15) is 0 Å². The number of sulfonamides is 1. The number of hydrogen-bond acceptors (Lipinski definition) is 4. The molecule has 0 aliphatic rings. The predicted molar refractivity (Wildman–Crippen MR) is 99.7 cm³/mol. The Morgan fingerprint density at radius 3 is 2.38 bits per heavy atom. The van der Waals surface area contributed by atoms with Crippen molar-refractivity contribution in [3.63, 3.8) is 0 Å². The Morgan fingerprint density at radius 1 is 1.00 bits per heavy atom. The van der Waals surface area contributed by atoms with Crippen molar-refractivity contribution in [2.24, 2.45) is 0 Å². The van der Waals surface area contributed by atoms with Gasteiger partial charge in [-0.1, -0.05) is 29.8 Å². The standard InChI is InChI=1S/C17H18ClN3O4S/c1-12(22)19-9-10-20-17(23)13-5-4-6-14(11-13)26(24,25)21-16-8-3-2-7-15(16)18/h2-8,11,21H,9-10H2,1H3,(H,19,22)(H,20,23). The molecule has 0 heterocycles. The zero-order chi connectivity index (χ0) is 19.2. The van der Waals surface area contributed by atoms with Gasteiger partial charge in [-0.05, 0) is 30.3 Å². The summed E-state index contributed by atoms with van der Waals surface area (Å²) in [6.45, 7) is 1.89. The second-order valence-corrected chi connectivity index (χ2v) is 7.44. The number of nitrogens with one attached hydrogen (secondary N) is 3. The summed E-state index contributed by atoms with van der Waals surface area (Å²) in [5.74, 6) is -0.636. The van der Waals surface area contributed by atoms with Crippen molar-refractivity contribution >= 4 is 39.1 Å². The SMILES string of the molecule is CC(=O)NCCNC(=O)c1cccc(S(=O)(=O)Nc2ccccc2Cl)c1. The van der Waals surface area contributed by atoms with Crippen molar-refractivity contribution in [3.8, 4) is 0 Å². The van der Waals surface area contributed by atoms with Crippen LogP contribution >= 0.6 is 11.6 Å². The summed E-state index contributed by atoms with van der Waals surface area (Å²) in [4.78, 5) is 22.8. The van der Waals surface area contributed by atoms with E-state index in [1.54, 1.807) is 24.3 Å². The predicted octanol–water partition coefficient (Wildman–Crippen LogP) is 2.01. The minimum absolute atomic E-state index is 0.0630. The molecule has 0 aliphatic heterocycles. The van der Waals surface area contributed by atoms with E-state index in [9.17, 15) is 18.0 Å². The Balaban J connectivity index is 2.11. The van der Waals surface area contributed by atoms with Crippen molar-refractivity contribution in [2.45, 2.75) is 11.8 Å². The first-order chi connectivity index (χ1) is 12.3. The van der Waals surface area contributed by atoms with Crippen LogP contribution in [0.3, 0.4) is 0 Å². The fraction of sp³-hybridized carbons (Fsp3) is 0.176. The number of rotatable bonds is 7. The molecule has 0 fully saturated rings. The topological polar surface area (TPSA) is 104 Å². The van der Waals surface area contributed by atoms with Gasteiger partial charge in [0.2, 0.25) is 5.91 Å². The molecule has 0 atom stereocenters. The number of amides is 2. The van der Waals surface area contributed by atoms with E-state index in [-0.39, 0.29) is 40.2 Å². The monoisotopic (exact) mass is 395 g/mol. The van der Waals surface area contributed by atoms with Crippen LogP contribution < -0.4 is 15.4 Å². The Bertz CT molecular complexity index is 916. The van der Waals surface area contributed by atoms with E-state index in [0.717, 1.165) is 0 Å². The quantitative estimate of drug-likeness (QED) is 0.623. The molecule has 0 spiro atoms. The van der Waals surface area contributed by atoms with E-state index in [2.05, 4.69) is 15.4 Å². The molecule has 0 saturated carbocycles. The van der Waals surface area contributed by atoms with Crippen LogP contribution in [0.25, 0.3) is 0 Å². The normalized spacial score (nSPS) is 10.8. The fourth-order valence-electron chi connectivity index (χ4n) is 2.07. The number of para-hydroxylation sites is 1. The average molecular weight is 396 g/mol. The lowest BCUT2D eigenvalue weighted by Gasteiger charge is -2.11. The Morgan fingerprint density at radius 2 is 1.69 bits per heavy atom. The van der Waals surface area contributed by atoms with Gasteiger partial charge in [-0.25, -0.2) is 8.42 Å². The van der Waals surface area contributed by atoms with Gasteiger partial charge in [-0.3, -0.25) is 14.3 Å². The number of hydrogen-bond donors (Lipinski definition) is 3. The third-order valence-corrected chi connectivity index (χ3v) is 5.00. The fourth-order valence-corrected chi connectivity index (χ4v) is 3.43. The number of benzene rings is 2. The molecule has 0 saturated heterocycles. The van der Waals surface area contributed by atoms with Crippen LogP contribution in [0.4, 0.5) is 5.69 Å². The minimum Gasteiger partial charge on any atom is -0.355 e. The Hall–Kier alpha value is -2.58. The first-order valence-corrected chi connectivity index (χ1v) is 9.56. The molecule has 0 aliphatic carbocycles. The van der Waals surface area contributed by atoms with Crippen LogP contribution in [0.1, 0.15) is 17.3 Å². The van der Waals surface area contributed by atoms with Gasteiger partial charge in [0.1, 0.15) is 0 Å². The summed E-state index contributed by atoms with van der Waals surface area (Å²) in [7, 11) is -3.90. The first kappa shape index (κ1) is 19.7. The number of carbonyl (C=O) groups excluding carboxylic acids is 2. The second kappa shape index (κ2) is 8.68. The molecule has 0 radical (unpaired) electrons. The third-order valence-electron chi connectivity index (χ3n) is 3.31. The van der Waals surface area contributed by atoms with Crippen LogP contribution in [-0.2, 0) is 14.8 Å². The number of carbonyl (C=O) groups is 2. The van der Waals surface area contributed by atoms with Crippen molar-refractivity contribution in [1.82, 2.24) is 10.6 Å². The van der Waals surface area contributed by atoms with Gasteiger partial charge in [0.05, 0.1) is 15.6 Å². The van der Waals surface area contributed by atoms with Crippen molar-refractivity contribution in [2.75, 3.05) is 17.8 Å². The van der Waals surface area contributed by atoms with Gasteiger partial charge >= 0.3 is 0 Å². The molecule has 2 rings (SSSR count). The van der Waals surface area contributed by atoms with E-state index >= 15 is 0 Å². The van der Waals surface area contributed by atoms with Gasteiger partial charge in [0.25, 0.3) is 15.9 Å². The zero-order valence-electron chi connectivity index (χ0n) is 14.0. The Labute approximate surface area is 156 Å². The maximum absolute atomic E-state index is 12.5.